The third kappa shape index (κ3) is 2.71. The number of fused-ring (bicyclic) bond motifs is 4. The molecule has 5 rings (SSSR count). The van der Waals surface area contributed by atoms with Crippen LogP contribution in [0.2, 0.25) is 5.15 Å². The van der Waals surface area contributed by atoms with Gasteiger partial charge in [-0.2, -0.15) is 5.26 Å². The molecule has 140 valence electrons. The summed E-state index contributed by atoms with van der Waals surface area (Å²) in [6.45, 7) is 2.03. The Bertz CT molecular complexity index is 1380. The SMILES string of the molecule is Cc1ccc2nc(Cl)c([C@H]3C(C#N)=C(N)Oc4ccc5ccccc5c43)cc2c1. The van der Waals surface area contributed by atoms with Gasteiger partial charge < -0.3 is 10.5 Å². The van der Waals surface area contributed by atoms with Crippen molar-refractivity contribution in [2.24, 2.45) is 5.73 Å². The number of aryl methyl sites for hydroxylation is 1. The highest BCUT2D eigenvalue weighted by molar-refractivity contribution is 6.30. The molecule has 5 heteroatoms. The number of nitrogens with two attached hydrogens (primary N) is 1. The van der Waals surface area contributed by atoms with E-state index in [1.807, 2.05) is 61.5 Å². The molecule has 0 unspecified atom stereocenters. The van der Waals surface area contributed by atoms with Crippen molar-refractivity contribution in [2.75, 3.05) is 0 Å². The maximum atomic E-state index is 9.91. The molecule has 0 saturated carbocycles. The van der Waals surface area contributed by atoms with Crippen molar-refractivity contribution in [3.8, 4) is 11.8 Å². The third-order valence-electron chi connectivity index (χ3n) is 5.38. The van der Waals surface area contributed by atoms with Crippen LogP contribution in [0.25, 0.3) is 21.7 Å². The van der Waals surface area contributed by atoms with E-state index in [2.05, 4.69) is 17.1 Å². The smallest absolute Gasteiger partial charge is 0.205 e. The summed E-state index contributed by atoms with van der Waals surface area (Å²) in [6, 6.07) is 22.1. The summed E-state index contributed by atoms with van der Waals surface area (Å²) in [5.41, 5.74) is 10.0. The number of halogens is 1. The quantitative estimate of drug-likeness (QED) is 0.426. The molecule has 1 atom stereocenters. The van der Waals surface area contributed by atoms with Crippen LogP contribution in [0.4, 0.5) is 0 Å². The van der Waals surface area contributed by atoms with E-state index in [1.54, 1.807) is 0 Å². The van der Waals surface area contributed by atoms with Crippen molar-refractivity contribution in [2.45, 2.75) is 12.8 Å². The van der Waals surface area contributed by atoms with Gasteiger partial charge in [0.2, 0.25) is 5.88 Å². The normalized spacial score (nSPS) is 15.8. The fourth-order valence-electron chi connectivity index (χ4n) is 4.04. The number of rotatable bonds is 1. The van der Waals surface area contributed by atoms with Gasteiger partial charge in [0.15, 0.2) is 0 Å². The molecule has 0 fully saturated rings. The van der Waals surface area contributed by atoms with Crippen LogP contribution in [0.15, 0.2) is 72.1 Å². The van der Waals surface area contributed by atoms with Gasteiger partial charge in [0.05, 0.1) is 11.4 Å². The summed E-state index contributed by atoms with van der Waals surface area (Å²) in [7, 11) is 0. The number of benzene rings is 3. The van der Waals surface area contributed by atoms with Crippen LogP contribution < -0.4 is 10.5 Å². The maximum Gasteiger partial charge on any atom is 0.205 e. The second kappa shape index (κ2) is 6.51. The van der Waals surface area contributed by atoms with Crippen molar-refractivity contribution in [3.05, 3.63) is 94.0 Å². The largest absolute Gasteiger partial charge is 0.440 e. The Morgan fingerprint density at radius 1 is 1.07 bits per heavy atom. The highest BCUT2D eigenvalue weighted by atomic mass is 35.5. The fraction of sp³-hybridized carbons (Fsp3) is 0.0833. The molecule has 0 radical (unpaired) electrons. The molecular formula is C24H16ClN3O. The molecule has 0 spiro atoms. The first kappa shape index (κ1) is 17.5. The molecule has 0 amide bonds. The number of pyridine rings is 1. The minimum Gasteiger partial charge on any atom is -0.440 e. The predicted molar refractivity (Wildman–Crippen MR) is 115 cm³/mol. The Morgan fingerprint density at radius 2 is 1.90 bits per heavy atom. The fourth-order valence-corrected chi connectivity index (χ4v) is 4.30. The standard InChI is InChI=1S/C24H16ClN3O/c1-13-6-8-19-15(10-13)11-17(23(25)28-19)21-18(12-26)24(27)29-20-9-7-14-4-2-3-5-16(14)22(20)21/h2-11,21H,27H2,1H3/t21-/m0/s1. The number of hydrogen-bond donors (Lipinski definition) is 1. The lowest BCUT2D eigenvalue weighted by atomic mass is 9.81. The number of hydrogen-bond acceptors (Lipinski definition) is 4. The average Bonchev–Trinajstić information content (AvgIpc) is 2.72. The van der Waals surface area contributed by atoms with E-state index < -0.39 is 5.92 Å². The zero-order valence-corrected chi connectivity index (χ0v) is 16.4. The van der Waals surface area contributed by atoms with E-state index in [0.29, 0.717) is 16.5 Å². The Kier molecular flexibility index (Phi) is 3.94. The van der Waals surface area contributed by atoms with Crippen molar-refractivity contribution in [1.29, 1.82) is 5.26 Å². The lowest BCUT2D eigenvalue weighted by Gasteiger charge is -2.28. The van der Waals surface area contributed by atoms with E-state index in [9.17, 15) is 5.26 Å². The van der Waals surface area contributed by atoms with E-state index in [0.717, 1.165) is 38.4 Å². The first-order valence-electron chi connectivity index (χ1n) is 9.23. The van der Waals surface area contributed by atoms with E-state index >= 15 is 0 Å². The number of aromatic nitrogens is 1. The minimum absolute atomic E-state index is 0.0979. The molecule has 3 aromatic carbocycles. The zero-order chi connectivity index (χ0) is 20.1. The third-order valence-corrected chi connectivity index (χ3v) is 5.68. The van der Waals surface area contributed by atoms with Crippen LogP contribution in [0.3, 0.4) is 0 Å². The van der Waals surface area contributed by atoms with Gasteiger partial charge in [-0.25, -0.2) is 4.98 Å². The van der Waals surface area contributed by atoms with Gasteiger partial charge in [0, 0.05) is 16.5 Å². The van der Waals surface area contributed by atoms with E-state index in [1.165, 1.54) is 0 Å². The summed E-state index contributed by atoms with van der Waals surface area (Å²) in [5, 5.41) is 13.3. The summed E-state index contributed by atoms with van der Waals surface area (Å²) in [6.07, 6.45) is 0. The van der Waals surface area contributed by atoms with Crippen LogP contribution in [-0.4, -0.2) is 4.98 Å². The summed E-state index contributed by atoms with van der Waals surface area (Å²) in [5.74, 6) is 0.269. The van der Waals surface area contributed by atoms with Gasteiger partial charge in [0.25, 0.3) is 0 Å². The van der Waals surface area contributed by atoms with Gasteiger partial charge in [0.1, 0.15) is 22.5 Å². The highest BCUT2D eigenvalue weighted by Gasteiger charge is 2.34. The molecule has 0 bridgehead atoms. The van der Waals surface area contributed by atoms with Crippen molar-refractivity contribution < 1.29 is 4.74 Å². The predicted octanol–water partition coefficient (Wildman–Crippen LogP) is 5.57. The molecule has 29 heavy (non-hydrogen) atoms. The Labute approximate surface area is 172 Å². The van der Waals surface area contributed by atoms with Gasteiger partial charge in [-0.15, -0.1) is 0 Å². The topological polar surface area (TPSA) is 71.9 Å². The van der Waals surface area contributed by atoms with Gasteiger partial charge >= 0.3 is 0 Å². The van der Waals surface area contributed by atoms with Gasteiger partial charge in [-0.05, 0) is 42.0 Å². The molecule has 4 aromatic rings. The zero-order valence-electron chi connectivity index (χ0n) is 15.6. The molecule has 1 aliphatic rings. The van der Waals surface area contributed by atoms with Crippen molar-refractivity contribution >= 4 is 33.3 Å². The number of ether oxygens (including phenoxy) is 1. The monoisotopic (exact) mass is 397 g/mol. The lowest BCUT2D eigenvalue weighted by Crippen LogP contribution is -2.21. The molecule has 2 heterocycles. The summed E-state index contributed by atoms with van der Waals surface area (Å²) >= 11 is 6.64. The first-order valence-corrected chi connectivity index (χ1v) is 9.60. The minimum atomic E-state index is -0.459. The molecule has 0 saturated heterocycles. The molecule has 2 N–H and O–H groups in total. The number of allylic oxidation sites excluding steroid dienone is 1. The van der Waals surface area contributed by atoms with Crippen molar-refractivity contribution in [1.82, 2.24) is 4.98 Å². The molecular weight excluding hydrogens is 382 g/mol. The second-order valence-corrected chi connectivity index (χ2v) is 7.55. The summed E-state index contributed by atoms with van der Waals surface area (Å²) in [4.78, 5) is 4.59. The lowest BCUT2D eigenvalue weighted by molar-refractivity contribution is 0.395. The first-order chi connectivity index (χ1) is 14.1. The van der Waals surface area contributed by atoms with Crippen molar-refractivity contribution in [3.63, 3.8) is 0 Å². The van der Waals surface area contributed by atoms with Gasteiger partial charge in [-0.1, -0.05) is 53.6 Å². The Balaban J connectivity index is 1.87. The number of nitriles is 1. The highest BCUT2D eigenvalue weighted by Crippen LogP contribution is 2.47. The van der Waals surface area contributed by atoms with Crippen LogP contribution >= 0.6 is 11.6 Å². The molecule has 1 aliphatic heterocycles. The molecule has 1 aromatic heterocycles. The van der Waals surface area contributed by atoms with Gasteiger partial charge in [-0.3, -0.25) is 0 Å². The molecule has 4 nitrogen and oxygen atoms in total. The summed E-state index contributed by atoms with van der Waals surface area (Å²) < 4.78 is 5.81. The molecule has 0 aliphatic carbocycles. The Morgan fingerprint density at radius 3 is 2.72 bits per heavy atom. The second-order valence-electron chi connectivity index (χ2n) is 7.19. The van der Waals surface area contributed by atoms with Crippen LogP contribution in [0.1, 0.15) is 22.6 Å². The number of nitrogens with zero attached hydrogens (tertiary/aromatic N) is 2. The Hall–Kier alpha value is -3.55. The van der Waals surface area contributed by atoms with E-state index in [4.69, 9.17) is 22.1 Å². The van der Waals surface area contributed by atoms with Crippen LogP contribution in [0, 0.1) is 18.3 Å². The van der Waals surface area contributed by atoms with Crippen LogP contribution in [-0.2, 0) is 0 Å². The maximum absolute atomic E-state index is 9.91. The average molecular weight is 398 g/mol. The van der Waals surface area contributed by atoms with Crippen LogP contribution in [0.5, 0.6) is 5.75 Å². The van der Waals surface area contributed by atoms with E-state index in [-0.39, 0.29) is 5.88 Å².